The molecule has 6 nitrogen and oxygen atoms in total. The Bertz CT molecular complexity index is 665. The zero-order chi connectivity index (χ0) is 14.9. The number of rotatable bonds is 4. The summed E-state index contributed by atoms with van der Waals surface area (Å²) in [6.07, 6.45) is 0. The summed E-state index contributed by atoms with van der Waals surface area (Å²) in [6, 6.07) is 3.12. The van der Waals surface area contributed by atoms with E-state index in [0.29, 0.717) is 27.2 Å². The lowest BCUT2D eigenvalue weighted by atomic mass is 10.1. The van der Waals surface area contributed by atoms with E-state index in [9.17, 15) is 4.79 Å². The first-order valence-electron chi connectivity index (χ1n) is 5.61. The molecule has 0 bridgehead atoms. The van der Waals surface area contributed by atoms with Crippen molar-refractivity contribution in [2.24, 2.45) is 0 Å². The third kappa shape index (κ3) is 2.36. The molecule has 1 aromatic heterocycles. The summed E-state index contributed by atoms with van der Waals surface area (Å²) in [6.45, 7) is 1.88. The lowest BCUT2D eigenvalue weighted by Gasteiger charge is -2.14. The predicted octanol–water partition coefficient (Wildman–Crippen LogP) is 3.13. The fourth-order valence-electron chi connectivity index (χ4n) is 1.87. The van der Waals surface area contributed by atoms with Crippen LogP contribution in [0.2, 0.25) is 0 Å². The minimum atomic E-state index is -1.18. The van der Waals surface area contributed by atoms with Crippen LogP contribution < -0.4 is 9.47 Å². The van der Waals surface area contributed by atoms with Crippen molar-refractivity contribution in [3.8, 4) is 22.8 Å². The summed E-state index contributed by atoms with van der Waals surface area (Å²) in [5.74, 6) is -0.257. The second kappa shape index (κ2) is 5.54. The summed E-state index contributed by atoms with van der Waals surface area (Å²) in [7, 11) is 3.07. The first-order valence-corrected chi connectivity index (χ1v) is 6.40. The molecule has 0 radical (unpaired) electrons. The minimum Gasteiger partial charge on any atom is -0.496 e. The van der Waals surface area contributed by atoms with Crippen LogP contribution in [-0.4, -0.2) is 30.5 Å². The van der Waals surface area contributed by atoms with Crippen LogP contribution in [0.4, 0.5) is 0 Å². The van der Waals surface area contributed by atoms with Crippen molar-refractivity contribution in [1.82, 2.24) is 5.16 Å². The van der Waals surface area contributed by atoms with Crippen LogP contribution in [-0.2, 0) is 0 Å². The number of hydrogen-bond acceptors (Lipinski definition) is 5. The third-order valence-electron chi connectivity index (χ3n) is 2.77. The zero-order valence-corrected chi connectivity index (χ0v) is 12.6. The Kier molecular flexibility index (Phi) is 3.99. The van der Waals surface area contributed by atoms with E-state index in [2.05, 4.69) is 21.1 Å². The molecule has 1 aromatic carbocycles. The summed E-state index contributed by atoms with van der Waals surface area (Å²) in [4.78, 5) is 10.9. The Morgan fingerprint density at radius 3 is 2.55 bits per heavy atom. The van der Waals surface area contributed by atoms with Gasteiger partial charge in [0.2, 0.25) is 5.76 Å². The van der Waals surface area contributed by atoms with Crippen molar-refractivity contribution in [2.75, 3.05) is 14.2 Å². The molecule has 2 aromatic rings. The van der Waals surface area contributed by atoms with Gasteiger partial charge >= 0.3 is 5.97 Å². The number of ether oxygens (including phenoxy) is 2. The van der Waals surface area contributed by atoms with Crippen LogP contribution in [0.1, 0.15) is 16.1 Å². The monoisotopic (exact) mass is 341 g/mol. The van der Waals surface area contributed by atoms with E-state index in [1.807, 2.05) is 6.92 Å². The molecule has 0 aliphatic heterocycles. The van der Waals surface area contributed by atoms with E-state index in [-0.39, 0.29) is 5.76 Å². The van der Waals surface area contributed by atoms with Gasteiger partial charge in [-0.05, 0) is 34.5 Å². The molecule has 0 aliphatic rings. The molecule has 0 saturated carbocycles. The van der Waals surface area contributed by atoms with Crippen LogP contribution >= 0.6 is 15.9 Å². The maximum Gasteiger partial charge on any atom is 0.374 e. The van der Waals surface area contributed by atoms with Crippen molar-refractivity contribution in [3.63, 3.8) is 0 Å². The van der Waals surface area contributed by atoms with E-state index in [0.717, 1.165) is 5.56 Å². The normalized spacial score (nSPS) is 10.4. The Morgan fingerprint density at radius 2 is 2.05 bits per heavy atom. The molecule has 0 unspecified atom stereocenters. The van der Waals surface area contributed by atoms with Gasteiger partial charge in [0.15, 0.2) is 0 Å². The summed E-state index contributed by atoms with van der Waals surface area (Å²) in [5.41, 5.74) is 1.80. The van der Waals surface area contributed by atoms with Gasteiger partial charge in [-0.15, -0.1) is 0 Å². The number of carboxylic acid groups (broad SMARTS) is 1. The molecule has 2 rings (SSSR count). The molecule has 0 amide bonds. The standard InChI is InChI=1S/C13H12BrNO5/c1-6-4-8(18-2)10(11(14)12(6)19-3)7-5-9(13(16)17)20-15-7/h4-5H,1-3H3,(H,16,17). The lowest BCUT2D eigenvalue weighted by Crippen LogP contribution is -1.96. The van der Waals surface area contributed by atoms with Gasteiger partial charge in [-0.3, -0.25) is 0 Å². The highest BCUT2D eigenvalue weighted by Gasteiger charge is 2.22. The first kappa shape index (κ1) is 14.4. The third-order valence-corrected chi connectivity index (χ3v) is 3.53. The number of nitrogens with zero attached hydrogens (tertiary/aromatic N) is 1. The molecular weight excluding hydrogens is 330 g/mol. The molecule has 0 aliphatic carbocycles. The van der Waals surface area contributed by atoms with E-state index in [1.54, 1.807) is 13.2 Å². The average molecular weight is 342 g/mol. The number of carboxylic acids is 1. The van der Waals surface area contributed by atoms with E-state index < -0.39 is 5.97 Å². The van der Waals surface area contributed by atoms with E-state index in [1.165, 1.54) is 13.2 Å². The molecule has 7 heteroatoms. The van der Waals surface area contributed by atoms with Crippen molar-refractivity contribution < 1.29 is 23.9 Å². The molecule has 1 heterocycles. The van der Waals surface area contributed by atoms with Crippen molar-refractivity contribution >= 4 is 21.9 Å². The van der Waals surface area contributed by atoms with Crippen LogP contribution in [0.15, 0.2) is 21.1 Å². The SMILES string of the molecule is COc1cc(C)c(OC)c(Br)c1-c1cc(C(=O)O)on1. The number of carbonyl (C=O) groups is 1. The highest BCUT2D eigenvalue weighted by molar-refractivity contribution is 9.10. The van der Waals surface area contributed by atoms with Crippen molar-refractivity contribution in [3.05, 3.63) is 27.9 Å². The molecule has 1 N–H and O–H groups in total. The van der Waals surface area contributed by atoms with E-state index in [4.69, 9.17) is 19.1 Å². The second-order valence-electron chi connectivity index (χ2n) is 4.00. The number of benzene rings is 1. The number of aryl methyl sites for hydroxylation is 1. The lowest BCUT2D eigenvalue weighted by molar-refractivity contribution is 0.0652. The van der Waals surface area contributed by atoms with Gasteiger partial charge in [-0.25, -0.2) is 4.79 Å². The maximum absolute atomic E-state index is 10.9. The topological polar surface area (TPSA) is 81.8 Å². The predicted molar refractivity (Wildman–Crippen MR) is 74.4 cm³/mol. The molecule has 0 spiro atoms. The van der Waals surface area contributed by atoms with Gasteiger partial charge < -0.3 is 19.1 Å². The molecular formula is C13H12BrNO5. The maximum atomic E-state index is 10.9. The minimum absolute atomic E-state index is 0.242. The van der Waals surface area contributed by atoms with E-state index >= 15 is 0 Å². The van der Waals surface area contributed by atoms with Gasteiger partial charge in [0, 0.05) is 6.07 Å². The van der Waals surface area contributed by atoms with Crippen LogP contribution in [0.5, 0.6) is 11.5 Å². The second-order valence-corrected chi connectivity index (χ2v) is 4.79. The highest BCUT2D eigenvalue weighted by Crippen LogP contribution is 2.43. The van der Waals surface area contributed by atoms with Gasteiger partial charge in [0.25, 0.3) is 0 Å². The fourth-order valence-corrected chi connectivity index (χ4v) is 2.75. The van der Waals surface area contributed by atoms with Gasteiger partial charge in [-0.1, -0.05) is 5.16 Å². The molecule has 0 saturated heterocycles. The smallest absolute Gasteiger partial charge is 0.374 e. The summed E-state index contributed by atoms with van der Waals surface area (Å²) in [5, 5.41) is 12.6. The van der Waals surface area contributed by atoms with Crippen molar-refractivity contribution in [1.29, 1.82) is 0 Å². The molecule has 20 heavy (non-hydrogen) atoms. The molecule has 106 valence electrons. The van der Waals surface area contributed by atoms with Crippen LogP contribution in [0.3, 0.4) is 0 Å². The fraction of sp³-hybridized carbons (Fsp3) is 0.231. The van der Waals surface area contributed by atoms with Crippen LogP contribution in [0.25, 0.3) is 11.3 Å². The van der Waals surface area contributed by atoms with Crippen LogP contribution in [0, 0.1) is 6.92 Å². The Morgan fingerprint density at radius 1 is 1.35 bits per heavy atom. The van der Waals surface area contributed by atoms with Gasteiger partial charge in [0.05, 0.1) is 24.3 Å². The molecule has 0 fully saturated rings. The number of hydrogen-bond donors (Lipinski definition) is 1. The summed E-state index contributed by atoms with van der Waals surface area (Å²) >= 11 is 3.43. The molecule has 0 atom stereocenters. The number of halogens is 1. The Balaban J connectivity index is 2.67. The Labute approximate surface area is 123 Å². The number of methoxy groups -OCH3 is 2. The number of aromatic carboxylic acids is 1. The number of aromatic nitrogens is 1. The highest BCUT2D eigenvalue weighted by atomic mass is 79.9. The average Bonchev–Trinajstić information content (AvgIpc) is 2.87. The zero-order valence-electron chi connectivity index (χ0n) is 11.1. The Hall–Kier alpha value is -2.02. The first-order chi connectivity index (χ1) is 9.49. The summed E-state index contributed by atoms with van der Waals surface area (Å²) < 4.78 is 16.0. The largest absolute Gasteiger partial charge is 0.496 e. The quantitative estimate of drug-likeness (QED) is 0.919. The van der Waals surface area contributed by atoms with Crippen molar-refractivity contribution in [2.45, 2.75) is 6.92 Å². The van der Waals surface area contributed by atoms with Gasteiger partial charge in [-0.2, -0.15) is 0 Å². The van der Waals surface area contributed by atoms with Gasteiger partial charge in [0.1, 0.15) is 17.2 Å².